The van der Waals surface area contributed by atoms with Gasteiger partial charge in [0.05, 0.1) is 16.6 Å². The van der Waals surface area contributed by atoms with E-state index >= 15 is 0 Å². The number of para-hydroxylation sites is 1. The van der Waals surface area contributed by atoms with E-state index in [1.807, 2.05) is 48.5 Å². The molecule has 0 aliphatic heterocycles. The zero-order valence-electron chi connectivity index (χ0n) is 12.2. The lowest BCUT2D eigenvalue weighted by Gasteiger charge is -2.13. The molecule has 0 saturated carbocycles. The Labute approximate surface area is 151 Å². The Morgan fingerprint density at radius 1 is 1.13 bits per heavy atom. The van der Waals surface area contributed by atoms with Crippen molar-refractivity contribution < 1.29 is 0 Å². The van der Waals surface area contributed by atoms with Gasteiger partial charge in [-0.15, -0.1) is 11.6 Å². The summed E-state index contributed by atoms with van der Waals surface area (Å²) in [5.74, 6) is 1.42. The number of aromatic nitrogens is 2. The highest BCUT2D eigenvalue weighted by atomic mass is 79.9. The molecule has 118 valence electrons. The lowest BCUT2D eigenvalue weighted by molar-refractivity contribution is 0.818. The molecule has 1 aromatic heterocycles. The fourth-order valence-corrected chi connectivity index (χ4v) is 3.75. The molecule has 0 bridgehead atoms. The lowest BCUT2D eigenvalue weighted by atomic mass is 10.2. The van der Waals surface area contributed by atoms with Gasteiger partial charge in [-0.2, -0.15) is 0 Å². The van der Waals surface area contributed by atoms with Crippen LogP contribution in [-0.4, -0.2) is 21.2 Å². The van der Waals surface area contributed by atoms with Crippen LogP contribution >= 0.6 is 39.3 Å². The number of benzene rings is 2. The fourth-order valence-electron chi connectivity index (χ4n) is 2.25. The third-order valence-electron chi connectivity index (χ3n) is 3.34. The van der Waals surface area contributed by atoms with E-state index in [0.717, 1.165) is 27.9 Å². The second kappa shape index (κ2) is 7.51. The van der Waals surface area contributed by atoms with Crippen molar-refractivity contribution in [3.05, 3.63) is 63.4 Å². The predicted molar refractivity (Wildman–Crippen MR) is 101 cm³/mol. The molecule has 0 spiro atoms. The van der Waals surface area contributed by atoms with Crippen LogP contribution in [0.3, 0.4) is 0 Å². The summed E-state index contributed by atoms with van der Waals surface area (Å²) in [6, 6.07) is 15.1. The Balaban J connectivity index is 2.19. The van der Waals surface area contributed by atoms with E-state index in [2.05, 4.69) is 20.9 Å². The van der Waals surface area contributed by atoms with Crippen LogP contribution in [0, 0.1) is 0 Å². The number of fused-ring (bicyclic) bond motifs is 1. The van der Waals surface area contributed by atoms with Crippen molar-refractivity contribution in [3.8, 4) is 5.69 Å². The van der Waals surface area contributed by atoms with Crippen molar-refractivity contribution in [1.29, 1.82) is 0 Å². The molecule has 0 atom stereocenters. The van der Waals surface area contributed by atoms with Crippen LogP contribution < -0.4 is 5.56 Å². The molecular formula is C17H14BrClN2OS. The van der Waals surface area contributed by atoms with E-state index in [1.54, 1.807) is 16.3 Å². The van der Waals surface area contributed by atoms with E-state index in [4.69, 9.17) is 11.6 Å². The van der Waals surface area contributed by atoms with Gasteiger partial charge in [-0.05, 0) is 42.8 Å². The van der Waals surface area contributed by atoms with Crippen molar-refractivity contribution in [2.75, 3.05) is 11.6 Å². The zero-order chi connectivity index (χ0) is 16.2. The van der Waals surface area contributed by atoms with Crippen LogP contribution in [0.5, 0.6) is 0 Å². The summed E-state index contributed by atoms with van der Waals surface area (Å²) in [7, 11) is 0. The third-order valence-corrected chi connectivity index (χ3v) is 5.16. The molecule has 23 heavy (non-hydrogen) atoms. The highest BCUT2D eigenvalue weighted by molar-refractivity contribution is 9.10. The molecular weight excluding hydrogens is 396 g/mol. The van der Waals surface area contributed by atoms with Crippen LogP contribution in [0.4, 0.5) is 0 Å². The molecule has 0 aliphatic carbocycles. The van der Waals surface area contributed by atoms with Gasteiger partial charge in [-0.1, -0.05) is 39.8 Å². The Bertz CT molecular complexity index is 880. The molecule has 6 heteroatoms. The summed E-state index contributed by atoms with van der Waals surface area (Å²) in [4.78, 5) is 17.6. The van der Waals surface area contributed by atoms with Crippen molar-refractivity contribution in [1.82, 2.24) is 9.55 Å². The second-order valence-electron chi connectivity index (χ2n) is 4.92. The van der Waals surface area contributed by atoms with Gasteiger partial charge in [0, 0.05) is 16.1 Å². The number of rotatable bonds is 5. The molecule has 0 aliphatic rings. The van der Waals surface area contributed by atoms with Crippen molar-refractivity contribution in [3.63, 3.8) is 0 Å². The molecule has 0 saturated heterocycles. The quantitative estimate of drug-likeness (QED) is 0.261. The Morgan fingerprint density at radius 3 is 2.61 bits per heavy atom. The van der Waals surface area contributed by atoms with Gasteiger partial charge in [-0.3, -0.25) is 9.36 Å². The Hall–Kier alpha value is -1.30. The number of alkyl halides is 1. The first-order valence-electron chi connectivity index (χ1n) is 7.17. The Morgan fingerprint density at radius 2 is 1.87 bits per heavy atom. The fraction of sp³-hybridized carbons (Fsp3) is 0.176. The van der Waals surface area contributed by atoms with Crippen molar-refractivity contribution in [2.24, 2.45) is 0 Å². The maximum absolute atomic E-state index is 12.9. The minimum Gasteiger partial charge on any atom is -0.268 e. The third kappa shape index (κ3) is 3.62. The summed E-state index contributed by atoms with van der Waals surface area (Å²) in [5.41, 5.74) is 1.48. The van der Waals surface area contributed by atoms with Crippen molar-refractivity contribution >= 4 is 50.2 Å². The summed E-state index contributed by atoms with van der Waals surface area (Å²) >= 11 is 10.7. The van der Waals surface area contributed by atoms with E-state index in [9.17, 15) is 4.79 Å². The number of nitrogens with zero attached hydrogens (tertiary/aromatic N) is 2. The molecule has 0 unspecified atom stereocenters. The van der Waals surface area contributed by atoms with E-state index in [0.29, 0.717) is 16.4 Å². The standard InChI is InChI=1S/C17H14BrClN2OS/c18-12-6-8-13(9-7-12)21-16(22)14-4-1-2-5-15(14)20-17(21)23-11-3-10-19/h1-2,4-9H,3,10-11H2. The van der Waals surface area contributed by atoms with Gasteiger partial charge in [0.15, 0.2) is 5.16 Å². The van der Waals surface area contributed by atoms with Crippen LogP contribution in [0.2, 0.25) is 0 Å². The van der Waals surface area contributed by atoms with Gasteiger partial charge in [-0.25, -0.2) is 4.98 Å². The molecule has 0 amide bonds. The van der Waals surface area contributed by atoms with Crippen molar-refractivity contribution in [2.45, 2.75) is 11.6 Å². The number of hydrogen-bond acceptors (Lipinski definition) is 3. The predicted octanol–water partition coefficient (Wildman–Crippen LogP) is 4.87. The normalized spacial score (nSPS) is 11.0. The molecule has 3 rings (SSSR count). The van der Waals surface area contributed by atoms with Gasteiger partial charge < -0.3 is 0 Å². The van der Waals surface area contributed by atoms with E-state index < -0.39 is 0 Å². The summed E-state index contributed by atoms with van der Waals surface area (Å²) < 4.78 is 2.65. The summed E-state index contributed by atoms with van der Waals surface area (Å²) in [5, 5.41) is 1.32. The van der Waals surface area contributed by atoms with E-state index in [-0.39, 0.29) is 5.56 Å². The number of hydrogen-bond donors (Lipinski definition) is 0. The zero-order valence-corrected chi connectivity index (χ0v) is 15.4. The van der Waals surface area contributed by atoms with Gasteiger partial charge in [0.1, 0.15) is 0 Å². The van der Waals surface area contributed by atoms with Gasteiger partial charge >= 0.3 is 0 Å². The summed E-state index contributed by atoms with van der Waals surface area (Å²) in [6.07, 6.45) is 0.870. The van der Waals surface area contributed by atoms with Crippen LogP contribution in [0.15, 0.2) is 63.0 Å². The maximum atomic E-state index is 12.9. The summed E-state index contributed by atoms with van der Waals surface area (Å²) in [6.45, 7) is 0. The molecule has 2 aromatic carbocycles. The number of thioether (sulfide) groups is 1. The molecule has 0 N–H and O–H groups in total. The first-order valence-corrected chi connectivity index (χ1v) is 9.48. The maximum Gasteiger partial charge on any atom is 0.266 e. The molecule has 1 heterocycles. The molecule has 3 nitrogen and oxygen atoms in total. The first-order chi connectivity index (χ1) is 11.2. The van der Waals surface area contributed by atoms with Crippen LogP contribution in [-0.2, 0) is 0 Å². The highest BCUT2D eigenvalue weighted by Gasteiger charge is 2.12. The molecule has 3 aromatic rings. The highest BCUT2D eigenvalue weighted by Crippen LogP contribution is 2.23. The topological polar surface area (TPSA) is 34.9 Å². The second-order valence-corrected chi connectivity index (χ2v) is 7.28. The van der Waals surface area contributed by atoms with Crippen LogP contribution in [0.25, 0.3) is 16.6 Å². The van der Waals surface area contributed by atoms with Crippen LogP contribution in [0.1, 0.15) is 6.42 Å². The minimum atomic E-state index is -0.0497. The Kier molecular flexibility index (Phi) is 5.41. The average molecular weight is 410 g/mol. The van der Waals surface area contributed by atoms with Gasteiger partial charge in [0.25, 0.3) is 5.56 Å². The first kappa shape index (κ1) is 16.6. The lowest BCUT2D eigenvalue weighted by Crippen LogP contribution is -2.21. The number of halogens is 2. The molecule has 0 radical (unpaired) electrons. The largest absolute Gasteiger partial charge is 0.268 e. The van der Waals surface area contributed by atoms with E-state index in [1.165, 1.54) is 0 Å². The average Bonchev–Trinajstić information content (AvgIpc) is 2.57. The smallest absolute Gasteiger partial charge is 0.266 e. The SMILES string of the molecule is O=c1c2ccccc2nc(SCCCCl)n1-c1ccc(Br)cc1. The minimum absolute atomic E-state index is 0.0497. The van der Waals surface area contributed by atoms with Gasteiger partial charge in [0.2, 0.25) is 0 Å². The monoisotopic (exact) mass is 408 g/mol. The molecule has 0 fully saturated rings.